The number of benzene rings is 2. The lowest BCUT2D eigenvalue weighted by Crippen LogP contribution is -1.87. The Morgan fingerprint density at radius 2 is 0.889 bits per heavy atom. The highest BCUT2D eigenvalue weighted by Crippen LogP contribution is 2.46. The molecule has 1 aliphatic rings. The van der Waals surface area contributed by atoms with Gasteiger partial charge in [-0.2, -0.15) is 0 Å². The Kier molecular flexibility index (Phi) is 3.58. The summed E-state index contributed by atoms with van der Waals surface area (Å²) in [6.07, 6.45) is 0. The van der Waals surface area contributed by atoms with Gasteiger partial charge in [0, 0.05) is 9.81 Å². The van der Waals surface area contributed by atoms with E-state index in [0.717, 1.165) is 0 Å². The smallest absolute Gasteiger partial charge is 0.0334 e. The van der Waals surface area contributed by atoms with Crippen LogP contribution >= 0.6 is 23.5 Å². The van der Waals surface area contributed by atoms with E-state index in [9.17, 15) is 0 Å². The van der Waals surface area contributed by atoms with Gasteiger partial charge in [-0.25, -0.2) is 0 Å². The third kappa shape index (κ3) is 2.40. The number of rotatable bonds is 2. The zero-order chi connectivity index (χ0) is 12.2. The Labute approximate surface area is 116 Å². The lowest BCUT2D eigenvalue weighted by atomic mass is 10.1. The van der Waals surface area contributed by atoms with Crippen LogP contribution in [0.1, 0.15) is 11.1 Å². The summed E-state index contributed by atoms with van der Waals surface area (Å²) in [4.78, 5) is 2.68. The predicted molar refractivity (Wildman–Crippen MR) is 84.0 cm³/mol. The fraction of sp³-hybridized carbons (Fsp3) is 0. The Bertz CT molecular complexity index is 530. The fourth-order valence-corrected chi connectivity index (χ4v) is 3.88. The van der Waals surface area contributed by atoms with Gasteiger partial charge in [-0.1, -0.05) is 84.2 Å². The van der Waals surface area contributed by atoms with E-state index in [2.05, 4.69) is 71.5 Å². The molecule has 0 aliphatic carbocycles. The molecule has 0 saturated carbocycles. The lowest BCUT2D eigenvalue weighted by Gasteiger charge is -2.16. The third-order valence-corrected chi connectivity index (χ3v) is 4.90. The molecular formula is C16H12S2. The van der Waals surface area contributed by atoms with Gasteiger partial charge in [0.1, 0.15) is 0 Å². The maximum atomic E-state index is 2.17. The molecule has 0 amide bonds. The molecule has 88 valence electrons. The molecule has 1 aliphatic heterocycles. The highest BCUT2D eigenvalue weighted by atomic mass is 32.2. The van der Waals surface area contributed by atoms with Gasteiger partial charge in [0.25, 0.3) is 0 Å². The summed E-state index contributed by atoms with van der Waals surface area (Å²) < 4.78 is 0. The second-order valence-electron chi connectivity index (χ2n) is 3.90. The van der Waals surface area contributed by atoms with Crippen LogP contribution < -0.4 is 0 Å². The van der Waals surface area contributed by atoms with E-state index in [0.29, 0.717) is 0 Å². The van der Waals surface area contributed by atoms with E-state index in [1.807, 2.05) is 0 Å². The molecule has 0 spiro atoms. The summed E-state index contributed by atoms with van der Waals surface area (Å²) in [5.74, 6) is 0. The summed E-state index contributed by atoms with van der Waals surface area (Å²) in [6.45, 7) is 0. The zero-order valence-electron chi connectivity index (χ0n) is 9.74. The first kappa shape index (κ1) is 11.7. The average molecular weight is 268 g/mol. The molecule has 0 N–H and O–H groups in total. The second kappa shape index (κ2) is 5.51. The van der Waals surface area contributed by atoms with E-state index in [1.54, 1.807) is 23.5 Å². The first-order valence-corrected chi connectivity index (χ1v) is 7.54. The fourth-order valence-electron chi connectivity index (χ4n) is 1.88. The van der Waals surface area contributed by atoms with Crippen LogP contribution in [-0.4, -0.2) is 0 Å². The Morgan fingerprint density at radius 1 is 0.500 bits per heavy atom. The molecule has 0 aromatic heterocycles. The van der Waals surface area contributed by atoms with Gasteiger partial charge in [0.15, 0.2) is 0 Å². The third-order valence-electron chi connectivity index (χ3n) is 2.71. The van der Waals surface area contributed by atoms with Crippen LogP contribution in [0.2, 0.25) is 0 Å². The Balaban J connectivity index is 2.10. The summed E-state index contributed by atoms with van der Waals surface area (Å²) in [5, 5.41) is 4.30. The molecule has 1 heterocycles. The van der Waals surface area contributed by atoms with Gasteiger partial charge in [-0.05, 0) is 21.9 Å². The average Bonchev–Trinajstić information content (AvgIpc) is 2.49. The Hall–Kier alpha value is -1.38. The van der Waals surface area contributed by atoms with E-state index >= 15 is 0 Å². The molecular weight excluding hydrogens is 256 g/mol. The largest absolute Gasteiger partial charge is 0.0957 e. The first-order chi connectivity index (χ1) is 8.95. The van der Waals surface area contributed by atoms with Crippen molar-refractivity contribution in [1.29, 1.82) is 0 Å². The van der Waals surface area contributed by atoms with Crippen molar-refractivity contribution in [1.82, 2.24) is 0 Å². The minimum Gasteiger partial charge on any atom is -0.0957 e. The minimum atomic E-state index is 1.29. The van der Waals surface area contributed by atoms with Crippen LogP contribution in [0.5, 0.6) is 0 Å². The summed E-state index contributed by atoms with van der Waals surface area (Å²) in [6, 6.07) is 21.2. The van der Waals surface area contributed by atoms with Gasteiger partial charge < -0.3 is 0 Å². The maximum absolute atomic E-state index is 2.17. The number of hydrogen-bond donors (Lipinski definition) is 0. The molecule has 0 nitrogen and oxygen atoms in total. The van der Waals surface area contributed by atoms with Crippen molar-refractivity contribution >= 4 is 33.3 Å². The van der Waals surface area contributed by atoms with Gasteiger partial charge in [0.2, 0.25) is 0 Å². The van der Waals surface area contributed by atoms with Crippen LogP contribution in [0, 0.1) is 0 Å². The van der Waals surface area contributed by atoms with Crippen molar-refractivity contribution in [3.05, 3.63) is 82.6 Å². The molecule has 2 heteroatoms. The molecule has 2 aromatic carbocycles. The van der Waals surface area contributed by atoms with E-state index < -0.39 is 0 Å². The molecule has 0 radical (unpaired) electrons. The van der Waals surface area contributed by atoms with Crippen LogP contribution in [0.3, 0.4) is 0 Å². The monoisotopic (exact) mass is 268 g/mol. The van der Waals surface area contributed by atoms with Crippen LogP contribution in [0.4, 0.5) is 0 Å². The van der Waals surface area contributed by atoms with Gasteiger partial charge in [-0.3, -0.25) is 0 Å². The number of hydrogen-bond acceptors (Lipinski definition) is 2. The van der Waals surface area contributed by atoms with Crippen molar-refractivity contribution < 1.29 is 0 Å². The minimum absolute atomic E-state index is 1.29. The Morgan fingerprint density at radius 3 is 1.28 bits per heavy atom. The number of thioether (sulfide) groups is 2. The molecule has 0 bridgehead atoms. The molecule has 0 unspecified atom stereocenters. The first-order valence-electron chi connectivity index (χ1n) is 5.78. The van der Waals surface area contributed by atoms with Crippen molar-refractivity contribution in [2.45, 2.75) is 0 Å². The molecule has 2 aromatic rings. The molecule has 18 heavy (non-hydrogen) atoms. The topological polar surface area (TPSA) is 0 Å². The molecule has 0 saturated heterocycles. The molecule has 0 fully saturated rings. The van der Waals surface area contributed by atoms with E-state index in [-0.39, 0.29) is 0 Å². The van der Waals surface area contributed by atoms with Gasteiger partial charge in [-0.15, -0.1) is 0 Å². The molecule has 0 atom stereocenters. The van der Waals surface area contributed by atoms with Crippen molar-refractivity contribution in [2.75, 3.05) is 0 Å². The lowest BCUT2D eigenvalue weighted by molar-refractivity contribution is 1.63. The van der Waals surface area contributed by atoms with E-state index in [4.69, 9.17) is 0 Å². The second-order valence-corrected chi connectivity index (χ2v) is 5.73. The van der Waals surface area contributed by atoms with Gasteiger partial charge >= 0.3 is 0 Å². The van der Waals surface area contributed by atoms with Crippen LogP contribution in [0.15, 0.2) is 71.5 Å². The highest BCUT2D eigenvalue weighted by molar-refractivity contribution is 8.19. The summed E-state index contributed by atoms with van der Waals surface area (Å²) in [7, 11) is 0. The standard InChI is InChI=1S/C16H12S2/c1-3-7-13(8-4-1)15-16(18-12-11-17-15)14-9-5-2-6-10-14/h1-12H. The van der Waals surface area contributed by atoms with Crippen molar-refractivity contribution in [3.63, 3.8) is 0 Å². The molecule has 3 rings (SSSR count). The van der Waals surface area contributed by atoms with Crippen molar-refractivity contribution in [2.24, 2.45) is 0 Å². The summed E-state index contributed by atoms with van der Waals surface area (Å²) >= 11 is 3.59. The normalized spacial score (nSPS) is 14.9. The maximum Gasteiger partial charge on any atom is 0.0334 e. The zero-order valence-corrected chi connectivity index (χ0v) is 11.4. The van der Waals surface area contributed by atoms with Gasteiger partial charge in [0.05, 0.1) is 0 Å². The SMILES string of the molecule is C1=CSC(c2ccccc2)=C(c2ccccc2)S1. The van der Waals surface area contributed by atoms with E-state index in [1.165, 1.54) is 20.9 Å². The predicted octanol–water partition coefficient (Wildman–Crippen LogP) is 5.46. The van der Waals surface area contributed by atoms with Crippen LogP contribution in [0.25, 0.3) is 9.81 Å². The highest BCUT2D eigenvalue weighted by Gasteiger charge is 2.13. The van der Waals surface area contributed by atoms with Crippen molar-refractivity contribution in [3.8, 4) is 0 Å². The quantitative estimate of drug-likeness (QED) is 0.709. The van der Waals surface area contributed by atoms with Crippen LogP contribution in [-0.2, 0) is 0 Å². The summed E-state index contributed by atoms with van der Waals surface area (Å²) in [5.41, 5.74) is 2.58.